The highest BCUT2D eigenvalue weighted by atomic mass is 35.5. The first-order valence-corrected chi connectivity index (χ1v) is 5.66. The molecule has 0 saturated heterocycles. The summed E-state index contributed by atoms with van der Waals surface area (Å²) in [6, 6.07) is 9.52. The smallest absolute Gasteiger partial charge is 0.219 e. The predicted octanol–water partition coefficient (Wildman–Crippen LogP) is 3.29. The minimum absolute atomic E-state index is 0.367. The van der Waals surface area contributed by atoms with Crippen LogP contribution in [0, 0.1) is 6.92 Å². The van der Waals surface area contributed by atoms with Crippen LogP contribution in [0.1, 0.15) is 11.1 Å². The Balaban J connectivity index is 2.28. The van der Waals surface area contributed by atoms with Crippen molar-refractivity contribution in [3.8, 4) is 11.6 Å². The maximum absolute atomic E-state index is 5.93. The van der Waals surface area contributed by atoms with Crippen LogP contribution in [0.4, 0.5) is 0 Å². The van der Waals surface area contributed by atoms with E-state index in [-0.39, 0.29) is 0 Å². The van der Waals surface area contributed by atoms with Gasteiger partial charge >= 0.3 is 0 Å². The molecular weight excluding hydrogens is 236 g/mol. The van der Waals surface area contributed by atoms with Gasteiger partial charge in [-0.15, -0.1) is 0 Å². The van der Waals surface area contributed by atoms with E-state index in [2.05, 4.69) is 4.98 Å². The van der Waals surface area contributed by atoms with Crippen LogP contribution in [0.5, 0.6) is 11.6 Å². The third-order valence-electron chi connectivity index (χ3n) is 2.44. The van der Waals surface area contributed by atoms with Crippen LogP contribution in [0.2, 0.25) is 5.02 Å². The molecular formula is C13H13ClN2O. The highest BCUT2D eigenvalue weighted by Gasteiger charge is 2.05. The molecule has 0 atom stereocenters. The Kier molecular flexibility index (Phi) is 3.61. The number of hydrogen-bond donors (Lipinski definition) is 1. The number of ether oxygens (including phenoxy) is 1. The fourth-order valence-corrected chi connectivity index (χ4v) is 1.63. The second kappa shape index (κ2) is 5.17. The SMILES string of the molecule is Cc1ccccc1Oc1cc(CN)c(Cl)cn1. The largest absolute Gasteiger partial charge is 0.439 e. The molecule has 4 heteroatoms. The fourth-order valence-electron chi connectivity index (χ4n) is 1.45. The van der Waals surface area contributed by atoms with Crippen LogP contribution in [-0.4, -0.2) is 4.98 Å². The van der Waals surface area contributed by atoms with E-state index in [0.717, 1.165) is 16.9 Å². The molecule has 0 spiro atoms. The summed E-state index contributed by atoms with van der Waals surface area (Å²) in [5, 5.41) is 0.560. The van der Waals surface area contributed by atoms with Crippen LogP contribution < -0.4 is 10.5 Å². The average Bonchev–Trinajstić information content (AvgIpc) is 2.34. The van der Waals surface area contributed by atoms with Gasteiger partial charge in [-0.05, 0) is 24.1 Å². The fraction of sp³-hybridized carbons (Fsp3) is 0.154. The van der Waals surface area contributed by atoms with Gasteiger partial charge in [-0.3, -0.25) is 0 Å². The predicted molar refractivity (Wildman–Crippen MR) is 68.4 cm³/mol. The molecule has 0 amide bonds. The highest BCUT2D eigenvalue weighted by molar-refractivity contribution is 6.31. The monoisotopic (exact) mass is 248 g/mol. The minimum atomic E-state index is 0.367. The van der Waals surface area contributed by atoms with Crippen molar-refractivity contribution in [2.24, 2.45) is 5.73 Å². The third-order valence-corrected chi connectivity index (χ3v) is 2.78. The number of nitrogens with two attached hydrogens (primary N) is 1. The van der Waals surface area contributed by atoms with Gasteiger partial charge in [-0.25, -0.2) is 4.98 Å². The Hall–Kier alpha value is -1.58. The van der Waals surface area contributed by atoms with E-state index < -0.39 is 0 Å². The normalized spacial score (nSPS) is 10.3. The first kappa shape index (κ1) is 11.9. The Labute approximate surface area is 105 Å². The molecule has 0 aliphatic rings. The quantitative estimate of drug-likeness (QED) is 0.907. The molecule has 2 aromatic rings. The van der Waals surface area contributed by atoms with Gasteiger partial charge in [0.05, 0.1) is 5.02 Å². The van der Waals surface area contributed by atoms with Crippen molar-refractivity contribution in [3.63, 3.8) is 0 Å². The molecule has 17 heavy (non-hydrogen) atoms. The number of aromatic nitrogens is 1. The lowest BCUT2D eigenvalue weighted by Crippen LogP contribution is -1.99. The summed E-state index contributed by atoms with van der Waals surface area (Å²) in [6.07, 6.45) is 1.55. The standard InChI is InChI=1S/C13H13ClN2O/c1-9-4-2-3-5-12(9)17-13-6-10(7-15)11(14)8-16-13/h2-6,8H,7,15H2,1H3. The van der Waals surface area contributed by atoms with Crippen LogP contribution in [-0.2, 0) is 6.54 Å². The molecule has 88 valence electrons. The van der Waals surface area contributed by atoms with Crippen LogP contribution in [0.3, 0.4) is 0 Å². The van der Waals surface area contributed by atoms with Crippen molar-refractivity contribution < 1.29 is 4.74 Å². The lowest BCUT2D eigenvalue weighted by Gasteiger charge is -2.09. The first-order chi connectivity index (χ1) is 8.20. The summed E-state index contributed by atoms with van der Waals surface area (Å²) in [5.41, 5.74) is 7.45. The zero-order chi connectivity index (χ0) is 12.3. The number of rotatable bonds is 3. The van der Waals surface area contributed by atoms with E-state index >= 15 is 0 Å². The van der Waals surface area contributed by atoms with Gasteiger partial charge in [0.25, 0.3) is 0 Å². The van der Waals surface area contributed by atoms with Crippen molar-refractivity contribution in [1.82, 2.24) is 4.98 Å². The van der Waals surface area contributed by atoms with Gasteiger partial charge in [0.2, 0.25) is 5.88 Å². The number of nitrogens with zero attached hydrogens (tertiary/aromatic N) is 1. The average molecular weight is 249 g/mol. The Bertz CT molecular complexity index is 529. The second-order valence-electron chi connectivity index (χ2n) is 3.69. The van der Waals surface area contributed by atoms with Crippen LogP contribution >= 0.6 is 11.6 Å². The van der Waals surface area contributed by atoms with Gasteiger partial charge < -0.3 is 10.5 Å². The zero-order valence-corrected chi connectivity index (χ0v) is 10.2. The summed E-state index contributed by atoms with van der Waals surface area (Å²) >= 11 is 5.93. The molecule has 0 unspecified atom stereocenters. The van der Waals surface area contributed by atoms with Crippen molar-refractivity contribution >= 4 is 11.6 Å². The first-order valence-electron chi connectivity index (χ1n) is 5.28. The lowest BCUT2D eigenvalue weighted by atomic mass is 10.2. The molecule has 0 aliphatic carbocycles. The number of benzene rings is 1. The van der Waals surface area contributed by atoms with E-state index in [1.807, 2.05) is 31.2 Å². The van der Waals surface area contributed by atoms with Crippen molar-refractivity contribution in [2.75, 3.05) is 0 Å². The van der Waals surface area contributed by atoms with Crippen molar-refractivity contribution in [2.45, 2.75) is 13.5 Å². The van der Waals surface area contributed by atoms with Gasteiger partial charge in [-0.1, -0.05) is 29.8 Å². The third kappa shape index (κ3) is 2.75. The molecule has 2 N–H and O–H groups in total. The molecule has 1 heterocycles. The molecule has 0 aliphatic heterocycles. The summed E-state index contributed by atoms with van der Waals surface area (Å²) in [7, 11) is 0. The van der Waals surface area contributed by atoms with Gasteiger partial charge in [0, 0.05) is 18.8 Å². The number of para-hydroxylation sites is 1. The summed E-state index contributed by atoms with van der Waals surface area (Å²) in [5.74, 6) is 1.29. The Morgan fingerprint density at radius 2 is 2.12 bits per heavy atom. The molecule has 0 fully saturated rings. The summed E-state index contributed by atoms with van der Waals surface area (Å²) in [6.45, 7) is 2.35. The van der Waals surface area contributed by atoms with E-state index in [9.17, 15) is 0 Å². The molecule has 2 rings (SSSR count). The second-order valence-corrected chi connectivity index (χ2v) is 4.09. The molecule has 1 aromatic heterocycles. The lowest BCUT2D eigenvalue weighted by molar-refractivity contribution is 0.459. The number of halogens is 1. The summed E-state index contributed by atoms with van der Waals surface area (Å²) in [4.78, 5) is 4.11. The number of pyridine rings is 1. The van der Waals surface area contributed by atoms with Crippen molar-refractivity contribution in [3.05, 3.63) is 52.7 Å². The van der Waals surface area contributed by atoms with E-state index in [1.54, 1.807) is 12.3 Å². The topological polar surface area (TPSA) is 48.1 Å². The summed E-state index contributed by atoms with van der Waals surface area (Å²) < 4.78 is 5.68. The number of aryl methyl sites for hydroxylation is 1. The van der Waals surface area contributed by atoms with E-state index in [0.29, 0.717) is 17.4 Å². The van der Waals surface area contributed by atoms with Crippen LogP contribution in [0.25, 0.3) is 0 Å². The zero-order valence-electron chi connectivity index (χ0n) is 9.48. The van der Waals surface area contributed by atoms with Gasteiger partial charge in [0.15, 0.2) is 0 Å². The molecule has 1 aromatic carbocycles. The molecule has 0 saturated carbocycles. The molecule has 0 radical (unpaired) electrons. The Morgan fingerprint density at radius 1 is 1.35 bits per heavy atom. The van der Waals surface area contributed by atoms with Crippen LogP contribution in [0.15, 0.2) is 36.5 Å². The molecule has 0 bridgehead atoms. The highest BCUT2D eigenvalue weighted by Crippen LogP contribution is 2.25. The van der Waals surface area contributed by atoms with Gasteiger partial charge in [0.1, 0.15) is 5.75 Å². The minimum Gasteiger partial charge on any atom is -0.439 e. The van der Waals surface area contributed by atoms with Gasteiger partial charge in [-0.2, -0.15) is 0 Å². The van der Waals surface area contributed by atoms with Crippen molar-refractivity contribution in [1.29, 1.82) is 0 Å². The maximum atomic E-state index is 5.93. The van der Waals surface area contributed by atoms with E-state index in [1.165, 1.54) is 0 Å². The Morgan fingerprint density at radius 3 is 2.82 bits per heavy atom. The number of hydrogen-bond acceptors (Lipinski definition) is 3. The van der Waals surface area contributed by atoms with E-state index in [4.69, 9.17) is 22.1 Å². The molecule has 3 nitrogen and oxygen atoms in total. The maximum Gasteiger partial charge on any atom is 0.219 e.